The highest BCUT2D eigenvalue weighted by Crippen LogP contribution is 2.23. The number of rotatable bonds is 6. The molecule has 2 N–H and O–H groups in total. The molecule has 1 atom stereocenters. The number of hydrogen-bond donors (Lipinski definition) is 2. The molecular weight excluding hydrogens is 330 g/mol. The lowest BCUT2D eigenvalue weighted by Crippen LogP contribution is -2.32. The van der Waals surface area contributed by atoms with Crippen LogP contribution in [0.2, 0.25) is 0 Å². The Balaban J connectivity index is 1.98. The van der Waals surface area contributed by atoms with E-state index in [2.05, 4.69) is 5.32 Å². The standard InChI is InChI=1S/C21H27NO4/c1-15(25-19-10-6-8-17(12-19)14-23)18-9-5-7-16(11-18)13-22-20(24)26-21(2,3)4/h5-12,15,23H,13-14H2,1-4H3,(H,22,24)/t15-/m1/s1. The number of aliphatic hydroxyl groups excluding tert-OH is 1. The molecule has 0 aliphatic rings. The number of aliphatic hydroxyl groups is 1. The zero-order valence-electron chi connectivity index (χ0n) is 15.8. The minimum absolute atomic E-state index is 0.0165. The van der Waals surface area contributed by atoms with E-state index in [9.17, 15) is 9.90 Å². The first kappa shape index (κ1) is 19.8. The Kier molecular flexibility index (Phi) is 6.64. The SMILES string of the molecule is C[C@@H](Oc1cccc(CO)c1)c1cccc(CNC(=O)OC(C)(C)C)c1. The second-order valence-corrected chi connectivity index (χ2v) is 7.17. The Morgan fingerprint density at radius 3 is 2.50 bits per heavy atom. The van der Waals surface area contributed by atoms with Crippen molar-refractivity contribution in [2.75, 3.05) is 0 Å². The quantitative estimate of drug-likeness (QED) is 0.807. The number of amides is 1. The van der Waals surface area contributed by atoms with Crippen molar-refractivity contribution in [1.82, 2.24) is 5.32 Å². The lowest BCUT2D eigenvalue weighted by Gasteiger charge is -2.20. The molecule has 0 aliphatic heterocycles. The van der Waals surface area contributed by atoms with Gasteiger partial charge in [0.25, 0.3) is 0 Å². The summed E-state index contributed by atoms with van der Waals surface area (Å²) >= 11 is 0. The fraction of sp³-hybridized carbons (Fsp3) is 0.381. The summed E-state index contributed by atoms with van der Waals surface area (Å²) in [4.78, 5) is 11.8. The van der Waals surface area contributed by atoms with Gasteiger partial charge < -0.3 is 19.9 Å². The van der Waals surface area contributed by atoms with Crippen LogP contribution in [-0.4, -0.2) is 16.8 Å². The maximum absolute atomic E-state index is 11.8. The minimum Gasteiger partial charge on any atom is -0.486 e. The molecule has 0 spiro atoms. The van der Waals surface area contributed by atoms with Crippen molar-refractivity contribution < 1.29 is 19.4 Å². The normalized spacial score (nSPS) is 12.3. The Morgan fingerprint density at radius 1 is 1.12 bits per heavy atom. The molecule has 0 fully saturated rings. The van der Waals surface area contributed by atoms with Gasteiger partial charge in [-0.1, -0.05) is 36.4 Å². The van der Waals surface area contributed by atoms with Crippen LogP contribution in [0.25, 0.3) is 0 Å². The summed E-state index contributed by atoms with van der Waals surface area (Å²) in [5.74, 6) is 0.710. The Hall–Kier alpha value is -2.53. The van der Waals surface area contributed by atoms with Gasteiger partial charge >= 0.3 is 6.09 Å². The van der Waals surface area contributed by atoms with Crippen molar-refractivity contribution in [2.24, 2.45) is 0 Å². The van der Waals surface area contributed by atoms with Crippen molar-refractivity contribution in [1.29, 1.82) is 0 Å². The number of nitrogens with one attached hydrogen (secondary N) is 1. The van der Waals surface area contributed by atoms with E-state index in [4.69, 9.17) is 9.47 Å². The molecule has 0 saturated carbocycles. The van der Waals surface area contributed by atoms with Crippen molar-refractivity contribution in [3.05, 3.63) is 65.2 Å². The summed E-state index contributed by atoms with van der Waals surface area (Å²) in [6.07, 6.45) is -0.599. The lowest BCUT2D eigenvalue weighted by molar-refractivity contribution is 0.0523. The molecule has 0 bridgehead atoms. The smallest absolute Gasteiger partial charge is 0.407 e. The van der Waals surface area contributed by atoms with Crippen LogP contribution in [0.4, 0.5) is 4.79 Å². The van der Waals surface area contributed by atoms with Crippen molar-refractivity contribution >= 4 is 6.09 Å². The van der Waals surface area contributed by atoms with Gasteiger partial charge in [-0.05, 0) is 56.5 Å². The van der Waals surface area contributed by atoms with Gasteiger partial charge in [0, 0.05) is 6.54 Å². The highest BCUT2D eigenvalue weighted by Gasteiger charge is 2.16. The van der Waals surface area contributed by atoms with Crippen molar-refractivity contribution in [2.45, 2.75) is 52.6 Å². The summed E-state index contributed by atoms with van der Waals surface area (Å²) in [6.45, 7) is 7.83. The molecule has 0 heterocycles. The molecule has 0 unspecified atom stereocenters. The summed E-state index contributed by atoms with van der Waals surface area (Å²) in [7, 11) is 0. The zero-order valence-corrected chi connectivity index (χ0v) is 15.8. The Bertz CT molecular complexity index is 737. The first-order chi connectivity index (χ1) is 12.3. The number of hydrogen-bond acceptors (Lipinski definition) is 4. The van der Waals surface area contributed by atoms with Crippen LogP contribution in [0.5, 0.6) is 5.75 Å². The third-order valence-electron chi connectivity index (χ3n) is 3.65. The largest absolute Gasteiger partial charge is 0.486 e. The maximum Gasteiger partial charge on any atom is 0.407 e. The van der Waals surface area contributed by atoms with Gasteiger partial charge in [-0.15, -0.1) is 0 Å². The number of alkyl carbamates (subject to hydrolysis) is 1. The van der Waals surface area contributed by atoms with Crippen LogP contribution in [0, 0.1) is 0 Å². The molecule has 0 aliphatic carbocycles. The lowest BCUT2D eigenvalue weighted by atomic mass is 10.1. The third kappa shape index (κ3) is 6.41. The van der Waals surface area contributed by atoms with E-state index in [1.54, 1.807) is 0 Å². The molecule has 5 nitrogen and oxygen atoms in total. The predicted molar refractivity (Wildman–Crippen MR) is 101 cm³/mol. The number of ether oxygens (including phenoxy) is 2. The molecule has 2 rings (SSSR count). The molecular formula is C21H27NO4. The highest BCUT2D eigenvalue weighted by molar-refractivity contribution is 5.67. The third-order valence-corrected chi connectivity index (χ3v) is 3.65. The molecule has 1 amide bonds. The first-order valence-corrected chi connectivity index (χ1v) is 8.69. The first-order valence-electron chi connectivity index (χ1n) is 8.69. The van der Waals surface area contributed by atoms with Gasteiger partial charge in [0.1, 0.15) is 17.5 Å². The van der Waals surface area contributed by atoms with Crippen LogP contribution >= 0.6 is 0 Å². The summed E-state index contributed by atoms with van der Waals surface area (Å²) < 4.78 is 11.2. The van der Waals surface area contributed by atoms with Crippen molar-refractivity contribution in [3.8, 4) is 5.75 Å². The fourth-order valence-corrected chi connectivity index (χ4v) is 2.43. The van der Waals surface area contributed by atoms with Gasteiger partial charge in [0.15, 0.2) is 0 Å². The van der Waals surface area contributed by atoms with E-state index in [-0.39, 0.29) is 12.7 Å². The monoisotopic (exact) mass is 357 g/mol. The molecule has 2 aromatic carbocycles. The van der Waals surface area contributed by atoms with E-state index < -0.39 is 11.7 Å². The van der Waals surface area contributed by atoms with Crippen molar-refractivity contribution in [3.63, 3.8) is 0 Å². The van der Waals surface area contributed by atoms with Gasteiger partial charge in [-0.2, -0.15) is 0 Å². The number of carbonyl (C=O) groups excluding carboxylic acids is 1. The summed E-state index contributed by atoms with van der Waals surface area (Å²) in [5.41, 5.74) is 2.26. The van der Waals surface area contributed by atoms with Crippen LogP contribution < -0.4 is 10.1 Å². The van der Waals surface area contributed by atoms with Crippen LogP contribution in [-0.2, 0) is 17.9 Å². The van der Waals surface area contributed by atoms with E-state index in [1.165, 1.54) is 0 Å². The predicted octanol–water partition coefficient (Wildman–Crippen LogP) is 4.34. The number of benzene rings is 2. The van der Waals surface area contributed by atoms with E-state index in [1.807, 2.05) is 76.2 Å². The average Bonchev–Trinajstić information content (AvgIpc) is 2.59. The van der Waals surface area contributed by atoms with Gasteiger partial charge in [0.05, 0.1) is 6.61 Å². The second kappa shape index (κ2) is 8.72. The van der Waals surface area contributed by atoms with E-state index in [0.717, 1.165) is 16.7 Å². The molecule has 0 radical (unpaired) electrons. The van der Waals surface area contributed by atoms with Crippen LogP contribution in [0.1, 0.15) is 50.5 Å². The maximum atomic E-state index is 11.8. The highest BCUT2D eigenvalue weighted by atomic mass is 16.6. The topological polar surface area (TPSA) is 67.8 Å². The minimum atomic E-state index is -0.516. The summed E-state index contributed by atoms with van der Waals surface area (Å²) in [5, 5.41) is 12.0. The van der Waals surface area contributed by atoms with E-state index >= 15 is 0 Å². The van der Waals surface area contributed by atoms with Gasteiger partial charge in [-0.25, -0.2) is 4.79 Å². The molecule has 26 heavy (non-hydrogen) atoms. The Morgan fingerprint density at radius 2 is 1.81 bits per heavy atom. The molecule has 140 valence electrons. The molecule has 0 aromatic heterocycles. The van der Waals surface area contributed by atoms with Gasteiger partial charge in [0.2, 0.25) is 0 Å². The number of carbonyl (C=O) groups is 1. The molecule has 2 aromatic rings. The van der Waals surface area contributed by atoms with Gasteiger partial charge in [-0.3, -0.25) is 0 Å². The zero-order chi connectivity index (χ0) is 19.2. The fourth-order valence-electron chi connectivity index (χ4n) is 2.43. The molecule has 0 saturated heterocycles. The molecule has 5 heteroatoms. The average molecular weight is 357 g/mol. The van der Waals surface area contributed by atoms with Crippen LogP contribution in [0.3, 0.4) is 0 Å². The Labute approximate surface area is 155 Å². The second-order valence-electron chi connectivity index (χ2n) is 7.17. The van der Waals surface area contributed by atoms with E-state index in [0.29, 0.717) is 12.3 Å². The van der Waals surface area contributed by atoms with Crippen LogP contribution in [0.15, 0.2) is 48.5 Å². The summed E-state index contributed by atoms with van der Waals surface area (Å²) in [6, 6.07) is 15.3.